The highest BCUT2D eigenvalue weighted by atomic mass is 19.1. The van der Waals surface area contributed by atoms with Crippen molar-refractivity contribution in [2.24, 2.45) is 0 Å². The standard InChI is InChI=1S/C18H20FN3O3/c1-11(14-5-4-6-15(19)8-14)7-17(23)22-9-12(2)24-16(10-22)18-20-13(3)21-25-18/h4-8,12,16H,9-10H2,1-3H3/b11-7+/t12-,16-/m1/s1. The minimum absolute atomic E-state index is 0.154. The largest absolute Gasteiger partial charge is 0.362 e. The molecule has 132 valence electrons. The summed E-state index contributed by atoms with van der Waals surface area (Å²) < 4.78 is 24.3. The van der Waals surface area contributed by atoms with Gasteiger partial charge in [-0.05, 0) is 44.0 Å². The van der Waals surface area contributed by atoms with E-state index in [1.54, 1.807) is 30.9 Å². The van der Waals surface area contributed by atoms with Gasteiger partial charge in [-0.3, -0.25) is 4.79 Å². The number of allylic oxidation sites excluding steroid dienone is 1. The van der Waals surface area contributed by atoms with Gasteiger partial charge in [-0.1, -0.05) is 17.3 Å². The Balaban J connectivity index is 1.75. The third-order valence-electron chi connectivity index (χ3n) is 4.01. The van der Waals surface area contributed by atoms with Gasteiger partial charge in [0.15, 0.2) is 11.9 Å². The predicted octanol–water partition coefficient (Wildman–Crippen LogP) is 2.91. The van der Waals surface area contributed by atoms with E-state index in [9.17, 15) is 9.18 Å². The van der Waals surface area contributed by atoms with Crippen LogP contribution in [-0.4, -0.2) is 40.1 Å². The lowest BCUT2D eigenvalue weighted by atomic mass is 10.1. The lowest BCUT2D eigenvalue weighted by Gasteiger charge is -2.34. The quantitative estimate of drug-likeness (QED) is 0.800. The van der Waals surface area contributed by atoms with Gasteiger partial charge in [-0.2, -0.15) is 4.98 Å². The Kier molecular flexibility index (Phi) is 4.94. The van der Waals surface area contributed by atoms with Gasteiger partial charge in [0.1, 0.15) is 5.82 Å². The molecule has 0 spiro atoms. The van der Waals surface area contributed by atoms with Crippen molar-refractivity contribution in [3.05, 3.63) is 53.4 Å². The molecule has 1 aliphatic rings. The van der Waals surface area contributed by atoms with Gasteiger partial charge in [0.2, 0.25) is 5.91 Å². The molecule has 0 N–H and O–H groups in total. The fourth-order valence-corrected chi connectivity index (χ4v) is 2.81. The van der Waals surface area contributed by atoms with Crippen LogP contribution in [0.2, 0.25) is 0 Å². The van der Waals surface area contributed by atoms with Crippen molar-refractivity contribution >= 4 is 11.5 Å². The van der Waals surface area contributed by atoms with Crippen molar-refractivity contribution in [1.82, 2.24) is 15.0 Å². The summed E-state index contributed by atoms with van der Waals surface area (Å²) in [6, 6.07) is 6.18. The Bertz CT molecular complexity index is 802. The SMILES string of the molecule is C/C(=C\C(=O)N1C[C@@H](C)O[C@@H](c2nc(C)no2)C1)c1cccc(F)c1. The minimum atomic E-state index is -0.447. The number of hydrogen-bond acceptors (Lipinski definition) is 5. The van der Waals surface area contributed by atoms with E-state index < -0.39 is 6.10 Å². The normalized spacial score (nSPS) is 21.4. The number of carbonyl (C=O) groups excluding carboxylic acids is 1. The molecule has 1 aliphatic heterocycles. The van der Waals surface area contributed by atoms with E-state index in [0.717, 1.165) is 0 Å². The average Bonchev–Trinajstić information content (AvgIpc) is 3.00. The van der Waals surface area contributed by atoms with Gasteiger partial charge >= 0.3 is 0 Å². The van der Waals surface area contributed by atoms with Gasteiger partial charge in [-0.15, -0.1) is 0 Å². The van der Waals surface area contributed by atoms with E-state index >= 15 is 0 Å². The molecule has 1 fully saturated rings. The smallest absolute Gasteiger partial charge is 0.257 e. The number of amides is 1. The number of rotatable bonds is 3. The summed E-state index contributed by atoms with van der Waals surface area (Å²) >= 11 is 0. The summed E-state index contributed by atoms with van der Waals surface area (Å²) in [7, 11) is 0. The van der Waals surface area contributed by atoms with Crippen LogP contribution in [0.15, 0.2) is 34.9 Å². The van der Waals surface area contributed by atoms with Crippen LogP contribution in [0.3, 0.4) is 0 Å². The topological polar surface area (TPSA) is 68.5 Å². The first-order chi connectivity index (χ1) is 11.9. The molecule has 0 saturated carbocycles. The maximum atomic E-state index is 13.3. The number of benzene rings is 1. The minimum Gasteiger partial charge on any atom is -0.362 e. The number of carbonyl (C=O) groups is 1. The Morgan fingerprint density at radius 3 is 2.88 bits per heavy atom. The molecule has 2 atom stereocenters. The van der Waals surface area contributed by atoms with Gasteiger partial charge in [-0.25, -0.2) is 4.39 Å². The molecule has 0 bridgehead atoms. The second kappa shape index (κ2) is 7.14. The summed E-state index contributed by atoms with van der Waals surface area (Å²) in [6.45, 7) is 6.20. The fourth-order valence-electron chi connectivity index (χ4n) is 2.81. The van der Waals surface area contributed by atoms with E-state index in [1.807, 2.05) is 6.92 Å². The van der Waals surface area contributed by atoms with Crippen molar-refractivity contribution in [1.29, 1.82) is 0 Å². The Labute approximate surface area is 145 Å². The Morgan fingerprint density at radius 1 is 1.40 bits per heavy atom. The summed E-state index contributed by atoms with van der Waals surface area (Å²) in [5.41, 5.74) is 1.38. The van der Waals surface area contributed by atoms with Gasteiger partial charge < -0.3 is 14.2 Å². The summed E-state index contributed by atoms with van der Waals surface area (Å²) in [5.74, 6) is 0.409. The van der Waals surface area contributed by atoms with Gasteiger partial charge in [0.05, 0.1) is 12.6 Å². The van der Waals surface area contributed by atoms with Crippen LogP contribution in [0.4, 0.5) is 4.39 Å². The van der Waals surface area contributed by atoms with Gasteiger partial charge in [0, 0.05) is 12.6 Å². The third kappa shape index (κ3) is 4.11. The molecule has 0 unspecified atom stereocenters. The molecule has 1 aromatic carbocycles. The van der Waals surface area contributed by atoms with Crippen LogP contribution < -0.4 is 0 Å². The average molecular weight is 345 g/mol. The first-order valence-corrected chi connectivity index (χ1v) is 8.11. The summed E-state index contributed by atoms with van der Waals surface area (Å²) in [4.78, 5) is 18.5. The molecule has 1 amide bonds. The second-order valence-electron chi connectivity index (χ2n) is 6.20. The van der Waals surface area contributed by atoms with Crippen molar-refractivity contribution in [2.45, 2.75) is 33.0 Å². The molecule has 0 aliphatic carbocycles. The van der Waals surface area contributed by atoms with Crippen molar-refractivity contribution < 1.29 is 18.4 Å². The number of morpholine rings is 1. The number of hydrogen-bond donors (Lipinski definition) is 0. The lowest BCUT2D eigenvalue weighted by molar-refractivity contribution is -0.141. The third-order valence-corrected chi connectivity index (χ3v) is 4.01. The van der Waals surface area contributed by atoms with E-state index in [0.29, 0.717) is 35.9 Å². The molecule has 7 heteroatoms. The molecular formula is C18H20FN3O3. The van der Waals surface area contributed by atoms with Crippen LogP contribution in [0.25, 0.3) is 5.57 Å². The number of aryl methyl sites for hydroxylation is 1. The molecule has 0 radical (unpaired) electrons. The molecule has 2 heterocycles. The summed E-state index contributed by atoms with van der Waals surface area (Å²) in [5, 5.41) is 3.77. The number of ether oxygens (including phenoxy) is 1. The number of aromatic nitrogens is 2. The summed E-state index contributed by atoms with van der Waals surface area (Å²) in [6.07, 6.45) is 0.915. The highest BCUT2D eigenvalue weighted by Crippen LogP contribution is 2.25. The number of nitrogens with zero attached hydrogens (tertiary/aromatic N) is 3. The molecule has 1 saturated heterocycles. The first kappa shape index (κ1) is 17.3. The maximum absolute atomic E-state index is 13.3. The van der Waals surface area contributed by atoms with Crippen LogP contribution in [0, 0.1) is 12.7 Å². The van der Waals surface area contributed by atoms with E-state index in [1.165, 1.54) is 18.2 Å². The lowest BCUT2D eigenvalue weighted by Crippen LogP contribution is -2.45. The zero-order valence-corrected chi connectivity index (χ0v) is 14.4. The highest BCUT2D eigenvalue weighted by molar-refractivity contribution is 5.95. The molecular weight excluding hydrogens is 325 g/mol. The fraction of sp³-hybridized carbons (Fsp3) is 0.389. The first-order valence-electron chi connectivity index (χ1n) is 8.11. The Hall–Kier alpha value is -2.54. The highest BCUT2D eigenvalue weighted by Gasteiger charge is 2.32. The van der Waals surface area contributed by atoms with E-state index in [-0.39, 0.29) is 17.8 Å². The van der Waals surface area contributed by atoms with Crippen molar-refractivity contribution in [3.8, 4) is 0 Å². The zero-order valence-electron chi connectivity index (χ0n) is 14.4. The zero-order chi connectivity index (χ0) is 18.0. The van der Waals surface area contributed by atoms with Crippen LogP contribution in [0.5, 0.6) is 0 Å². The predicted molar refractivity (Wildman–Crippen MR) is 89.0 cm³/mol. The number of halogens is 1. The molecule has 1 aromatic heterocycles. The monoisotopic (exact) mass is 345 g/mol. The van der Waals surface area contributed by atoms with Gasteiger partial charge in [0.25, 0.3) is 5.89 Å². The second-order valence-corrected chi connectivity index (χ2v) is 6.20. The molecule has 3 rings (SSSR count). The molecule has 6 nitrogen and oxygen atoms in total. The van der Waals surface area contributed by atoms with Crippen molar-refractivity contribution in [3.63, 3.8) is 0 Å². The van der Waals surface area contributed by atoms with Crippen LogP contribution in [-0.2, 0) is 9.53 Å². The van der Waals surface area contributed by atoms with Crippen LogP contribution >= 0.6 is 0 Å². The van der Waals surface area contributed by atoms with E-state index in [2.05, 4.69) is 10.1 Å². The maximum Gasteiger partial charge on any atom is 0.257 e. The molecule has 2 aromatic rings. The van der Waals surface area contributed by atoms with Crippen molar-refractivity contribution in [2.75, 3.05) is 13.1 Å². The van der Waals surface area contributed by atoms with Crippen LogP contribution in [0.1, 0.15) is 37.2 Å². The van der Waals surface area contributed by atoms with E-state index in [4.69, 9.17) is 9.26 Å². The Morgan fingerprint density at radius 2 is 2.20 bits per heavy atom. The molecule has 25 heavy (non-hydrogen) atoms.